The Morgan fingerprint density at radius 2 is 1.85 bits per heavy atom. The smallest absolute Gasteiger partial charge is 0.335 e. The quantitative estimate of drug-likeness (QED) is 0.319. The van der Waals surface area contributed by atoms with Crippen LogP contribution in [0.5, 0.6) is 11.5 Å². The van der Waals surface area contributed by atoms with Crippen molar-refractivity contribution in [2.45, 2.75) is 0 Å². The third-order valence-corrected chi connectivity index (χ3v) is 5.46. The molecule has 3 aromatic rings. The molecule has 9 nitrogen and oxygen atoms in total. The largest absolute Gasteiger partial charge is 0.497 e. The Hall–Kier alpha value is -4.44. The number of carbonyl (C=O) groups is 3. The van der Waals surface area contributed by atoms with E-state index in [1.165, 1.54) is 37.3 Å². The van der Waals surface area contributed by atoms with Gasteiger partial charge < -0.3 is 19.1 Å². The number of nitrogens with one attached hydrogen (secondary N) is 1. The highest BCUT2D eigenvalue weighted by molar-refractivity contribution is 7.80. The van der Waals surface area contributed by atoms with Gasteiger partial charge in [-0.05, 0) is 60.8 Å². The summed E-state index contributed by atoms with van der Waals surface area (Å²) in [5.41, 5.74) is 1.36. The van der Waals surface area contributed by atoms with E-state index in [4.69, 9.17) is 21.7 Å². The molecular formula is C24H19N3O6S. The van der Waals surface area contributed by atoms with E-state index in [9.17, 15) is 19.5 Å². The molecule has 2 N–H and O–H groups in total. The van der Waals surface area contributed by atoms with Crippen molar-refractivity contribution < 1.29 is 29.0 Å². The lowest BCUT2D eigenvalue weighted by atomic mass is 10.1. The van der Waals surface area contributed by atoms with Crippen LogP contribution >= 0.6 is 12.2 Å². The predicted octanol–water partition coefficient (Wildman–Crippen LogP) is 3.02. The summed E-state index contributed by atoms with van der Waals surface area (Å²) in [5, 5.41) is 11.7. The van der Waals surface area contributed by atoms with Gasteiger partial charge in [-0.3, -0.25) is 14.9 Å². The Labute approximate surface area is 199 Å². The fourth-order valence-electron chi connectivity index (χ4n) is 3.53. The predicted molar refractivity (Wildman–Crippen MR) is 128 cm³/mol. The van der Waals surface area contributed by atoms with E-state index in [2.05, 4.69) is 5.32 Å². The number of hydrogen-bond donors (Lipinski definition) is 2. The molecule has 172 valence electrons. The number of aromatic carboxylic acids is 1. The van der Waals surface area contributed by atoms with Gasteiger partial charge in [0.2, 0.25) is 0 Å². The summed E-state index contributed by atoms with van der Waals surface area (Å²) >= 11 is 5.27. The van der Waals surface area contributed by atoms with Crippen molar-refractivity contribution in [1.29, 1.82) is 0 Å². The molecular weight excluding hydrogens is 458 g/mol. The molecule has 1 aliphatic heterocycles. The number of amides is 2. The highest BCUT2D eigenvalue weighted by atomic mass is 32.1. The molecule has 1 saturated heterocycles. The minimum absolute atomic E-state index is 0.0832. The van der Waals surface area contributed by atoms with E-state index >= 15 is 0 Å². The SMILES string of the molecule is COc1ccc(N2C(=O)C(=Cc3cccn3-c3cccc(C(=O)O)c3)C(=O)NC2=S)c(OC)c1. The molecule has 0 bridgehead atoms. The molecule has 0 spiro atoms. The lowest BCUT2D eigenvalue weighted by Crippen LogP contribution is -2.54. The number of carbonyl (C=O) groups excluding carboxylic acids is 2. The molecule has 2 aromatic carbocycles. The second-order valence-electron chi connectivity index (χ2n) is 7.15. The van der Waals surface area contributed by atoms with E-state index in [0.29, 0.717) is 28.6 Å². The number of methoxy groups -OCH3 is 2. The summed E-state index contributed by atoms with van der Waals surface area (Å²) in [7, 11) is 2.96. The Bertz CT molecular complexity index is 1360. The molecule has 0 aliphatic carbocycles. The number of thiocarbonyl (C=S) groups is 1. The van der Waals surface area contributed by atoms with E-state index < -0.39 is 17.8 Å². The van der Waals surface area contributed by atoms with Crippen molar-refractivity contribution in [1.82, 2.24) is 9.88 Å². The van der Waals surface area contributed by atoms with E-state index in [-0.39, 0.29) is 16.2 Å². The fraction of sp³-hybridized carbons (Fsp3) is 0.0833. The van der Waals surface area contributed by atoms with Crippen molar-refractivity contribution in [2.24, 2.45) is 0 Å². The summed E-state index contributed by atoms with van der Waals surface area (Å²) in [6.07, 6.45) is 3.13. The number of ether oxygens (including phenoxy) is 2. The number of hydrogen-bond acceptors (Lipinski definition) is 6. The van der Waals surface area contributed by atoms with Gasteiger partial charge in [0.1, 0.15) is 17.1 Å². The zero-order chi connectivity index (χ0) is 24.4. The summed E-state index contributed by atoms with van der Waals surface area (Å²) in [6.45, 7) is 0. The van der Waals surface area contributed by atoms with Gasteiger partial charge in [0.25, 0.3) is 11.8 Å². The van der Waals surface area contributed by atoms with Crippen molar-refractivity contribution in [3.05, 3.63) is 77.6 Å². The third kappa shape index (κ3) is 4.14. The number of carboxylic acid groups (broad SMARTS) is 1. The molecule has 1 fully saturated rings. The van der Waals surface area contributed by atoms with Gasteiger partial charge in [0.15, 0.2) is 5.11 Å². The van der Waals surface area contributed by atoms with Crippen LogP contribution in [0.2, 0.25) is 0 Å². The molecule has 2 amide bonds. The molecule has 0 radical (unpaired) electrons. The Kier molecular flexibility index (Phi) is 6.15. The van der Waals surface area contributed by atoms with Crippen LogP contribution in [-0.2, 0) is 9.59 Å². The minimum Gasteiger partial charge on any atom is -0.497 e. The van der Waals surface area contributed by atoms with Crippen LogP contribution in [0.4, 0.5) is 5.69 Å². The maximum absolute atomic E-state index is 13.4. The van der Waals surface area contributed by atoms with Crippen molar-refractivity contribution in [3.8, 4) is 17.2 Å². The lowest BCUT2D eigenvalue weighted by Gasteiger charge is -2.30. The molecule has 4 rings (SSSR count). The number of rotatable bonds is 6. The van der Waals surface area contributed by atoms with Gasteiger partial charge in [-0.1, -0.05) is 6.07 Å². The number of aromatic nitrogens is 1. The van der Waals surface area contributed by atoms with Crippen LogP contribution in [-0.4, -0.2) is 46.8 Å². The second kappa shape index (κ2) is 9.20. The van der Waals surface area contributed by atoms with Gasteiger partial charge in [-0.2, -0.15) is 0 Å². The van der Waals surface area contributed by atoms with E-state index in [1.54, 1.807) is 53.2 Å². The highest BCUT2D eigenvalue weighted by Crippen LogP contribution is 2.34. The fourth-order valence-corrected chi connectivity index (χ4v) is 3.80. The molecule has 10 heteroatoms. The molecule has 1 aliphatic rings. The summed E-state index contributed by atoms with van der Waals surface area (Å²) < 4.78 is 12.3. The molecule has 2 heterocycles. The summed E-state index contributed by atoms with van der Waals surface area (Å²) in [5.74, 6) is -1.49. The zero-order valence-electron chi connectivity index (χ0n) is 18.1. The van der Waals surface area contributed by atoms with Crippen LogP contribution in [0, 0.1) is 0 Å². The number of carboxylic acids is 1. The second-order valence-corrected chi connectivity index (χ2v) is 7.54. The lowest BCUT2D eigenvalue weighted by molar-refractivity contribution is -0.122. The van der Waals surface area contributed by atoms with Gasteiger partial charge in [0, 0.05) is 23.6 Å². The Morgan fingerprint density at radius 1 is 1.06 bits per heavy atom. The minimum atomic E-state index is -1.06. The standard InChI is InChI=1S/C24H19N3O6S/c1-32-17-8-9-19(20(13-17)33-2)27-22(29)18(21(28)25-24(27)34)12-16-7-4-10-26(16)15-6-3-5-14(11-15)23(30)31/h3-13H,1-2H3,(H,30,31)(H,25,28,34). The van der Waals surface area contributed by atoms with Crippen LogP contribution in [0.3, 0.4) is 0 Å². The summed E-state index contributed by atoms with van der Waals surface area (Å²) in [6, 6.07) is 14.6. The average molecular weight is 477 g/mol. The van der Waals surface area contributed by atoms with Crippen LogP contribution in [0.15, 0.2) is 66.4 Å². The van der Waals surface area contributed by atoms with Crippen LogP contribution in [0.1, 0.15) is 16.1 Å². The monoisotopic (exact) mass is 477 g/mol. The van der Waals surface area contributed by atoms with Gasteiger partial charge in [0.05, 0.1) is 25.5 Å². The maximum Gasteiger partial charge on any atom is 0.335 e. The van der Waals surface area contributed by atoms with Crippen molar-refractivity contribution in [3.63, 3.8) is 0 Å². The van der Waals surface area contributed by atoms with Crippen LogP contribution in [0.25, 0.3) is 11.8 Å². The van der Waals surface area contributed by atoms with Crippen LogP contribution < -0.4 is 19.7 Å². The molecule has 0 atom stereocenters. The first-order chi connectivity index (χ1) is 16.3. The van der Waals surface area contributed by atoms with Gasteiger partial charge >= 0.3 is 5.97 Å². The van der Waals surface area contributed by atoms with Crippen molar-refractivity contribution >= 4 is 46.9 Å². The number of anilines is 1. The highest BCUT2D eigenvalue weighted by Gasteiger charge is 2.36. The third-order valence-electron chi connectivity index (χ3n) is 5.17. The van der Waals surface area contributed by atoms with Gasteiger partial charge in [-0.15, -0.1) is 0 Å². The first kappa shape index (κ1) is 22.7. The normalized spacial score (nSPS) is 14.8. The zero-order valence-corrected chi connectivity index (χ0v) is 19.0. The number of nitrogens with zero attached hydrogens (tertiary/aromatic N) is 2. The van der Waals surface area contributed by atoms with E-state index in [0.717, 1.165) is 0 Å². The molecule has 34 heavy (non-hydrogen) atoms. The molecule has 1 aromatic heterocycles. The van der Waals surface area contributed by atoms with Crippen molar-refractivity contribution in [2.75, 3.05) is 19.1 Å². The maximum atomic E-state index is 13.4. The molecule has 0 saturated carbocycles. The first-order valence-electron chi connectivity index (χ1n) is 9.98. The molecule has 0 unspecified atom stereocenters. The topological polar surface area (TPSA) is 110 Å². The van der Waals surface area contributed by atoms with E-state index in [1.807, 2.05) is 0 Å². The first-order valence-corrected chi connectivity index (χ1v) is 10.4. The van der Waals surface area contributed by atoms with Gasteiger partial charge in [-0.25, -0.2) is 9.69 Å². The Morgan fingerprint density at radius 3 is 2.56 bits per heavy atom. The number of benzene rings is 2. The Balaban J connectivity index is 1.76. The average Bonchev–Trinajstić information content (AvgIpc) is 3.30. The summed E-state index contributed by atoms with van der Waals surface area (Å²) in [4.78, 5) is 38.7.